The fourth-order valence-electron chi connectivity index (χ4n) is 4.57. The standard InChI is InChI=1S/C23H27Cl2FN2O3/c1-22(2,3)11-17-23(27,14-9-8-12(24)10-16(14)31-4)18(20(28-17)21(29)30)13-6-5-7-15(25)19(13)26/h5-10,17-18,20,28H,11,27H2,1-4H3,(H,29,30)/t17-,18-,20-,23+/m0/s1. The Labute approximate surface area is 191 Å². The fourth-order valence-corrected chi connectivity index (χ4v) is 4.92. The van der Waals surface area contributed by atoms with Crippen LogP contribution in [0.2, 0.25) is 10.0 Å². The van der Waals surface area contributed by atoms with Crippen LogP contribution in [0.5, 0.6) is 5.75 Å². The van der Waals surface area contributed by atoms with Gasteiger partial charge in [0.15, 0.2) is 0 Å². The third kappa shape index (κ3) is 4.40. The highest BCUT2D eigenvalue weighted by molar-refractivity contribution is 6.31. The molecular weight excluding hydrogens is 442 g/mol. The zero-order valence-electron chi connectivity index (χ0n) is 17.9. The van der Waals surface area contributed by atoms with Gasteiger partial charge in [-0.3, -0.25) is 10.1 Å². The Morgan fingerprint density at radius 3 is 2.55 bits per heavy atom. The van der Waals surface area contributed by atoms with Crippen LogP contribution in [0.3, 0.4) is 0 Å². The Balaban J connectivity index is 2.33. The molecule has 1 heterocycles. The highest BCUT2D eigenvalue weighted by Crippen LogP contribution is 2.51. The predicted molar refractivity (Wildman–Crippen MR) is 120 cm³/mol. The zero-order valence-corrected chi connectivity index (χ0v) is 19.4. The van der Waals surface area contributed by atoms with E-state index in [0.29, 0.717) is 22.8 Å². The highest BCUT2D eigenvalue weighted by atomic mass is 35.5. The van der Waals surface area contributed by atoms with E-state index in [4.69, 9.17) is 33.7 Å². The minimum absolute atomic E-state index is 0.0914. The Hall–Kier alpha value is -1.86. The summed E-state index contributed by atoms with van der Waals surface area (Å²) < 4.78 is 20.8. The number of nitrogens with two attached hydrogens (primary N) is 1. The van der Waals surface area contributed by atoms with E-state index in [1.807, 2.05) is 20.8 Å². The second-order valence-corrected chi connectivity index (χ2v) is 10.0. The van der Waals surface area contributed by atoms with E-state index in [-0.39, 0.29) is 16.0 Å². The van der Waals surface area contributed by atoms with Gasteiger partial charge in [-0.25, -0.2) is 4.39 Å². The largest absolute Gasteiger partial charge is 0.496 e. The Morgan fingerprint density at radius 2 is 1.97 bits per heavy atom. The van der Waals surface area contributed by atoms with Crippen molar-refractivity contribution in [2.45, 2.75) is 50.7 Å². The van der Waals surface area contributed by atoms with Crippen LogP contribution in [0.4, 0.5) is 4.39 Å². The molecule has 2 aromatic rings. The molecule has 0 spiro atoms. The van der Waals surface area contributed by atoms with Crippen LogP contribution in [-0.2, 0) is 10.3 Å². The second kappa shape index (κ2) is 8.58. The minimum Gasteiger partial charge on any atom is -0.496 e. The number of carbonyl (C=O) groups is 1. The number of carboxylic acids is 1. The maximum absolute atomic E-state index is 15.2. The number of benzene rings is 2. The van der Waals surface area contributed by atoms with Crippen LogP contribution >= 0.6 is 23.2 Å². The third-order valence-corrected chi connectivity index (χ3v) is 6.36. The van der Waals surface area contributed by atoms with Gasteiger partial charge in [-0.2, -0.15) is 0 Å². The van der Waals surface area contributed by atoms with Crippen molar-refractivity contribution < 1.29 is 19.0 Å². The summed E-state index contributed by atoms with van der Waals surface area (Å²) in [7, 11) is 1.49. The molecule has 168 valence electrons. The van der Waals surface area contributed by atoms with Gasteiger partial charge >= 0.3 is 5.97 Å². The van der Waals surface area contributed by atoms with E-state index in [1.165, 1.54) is 19.2 Å². The molecule has 1 aliphatic heterocycles. The van der Waals surface area contributed by atoms with E-state index in [0.717, 1.165) is 0 Å². The number of ether oxygens (including phenoxy) is 1. The summed E-state index contributed by atoms with van der Waals surface area (Å²) >= 11 is 12.2. The summed E-state index contributed by atoms with van der Waals surface area (Å²) in [6.45, 7) is 6.12. The molecule has 1 fully saturated rings. The molecular formula is C23H27Cl2FN2O3. The molecule has 4 atom stereocenters. The lowest BCUT2D eigenvalue weighted by Gasteiger charge is -2.40. The lowest BCUT2D eigenvalue weighted by molar-refractivity contribution is -0.139. The third-order valence-electron chi connectivity index (χ3n) is 5.83. The number of methoxy groups -OCH3 is 1. The Kier molecular flexibility index (Phi) is 6.59. The molecule has 5 nitrogen and oxygen atoms in total. The van der Waals surface area contributed by atoms with Gasteiger partial charge in [0.05, 0.1) is 17.7 Å². The smallest absolute Gasteiger partial charge is 0.321 e. The van der Waals surface area contributed by atoms with Gasteiger partial charge in [0.25, 0.3) is 0 Å². The average molecular weight is 469 g/mol. The fraction of sp³-hybridized carbons (Fsp3) is 0.435. The van der Waals surface area contributed by atoms with E-state index >= 15 is 4.39 Å². The highest BCUT2D eigenvalue weighted by Gasteiger charge is 2.58. The molecule has 1 saturated heterocycles. The van der Waals surface area contributed by atoms with Crippen molar-refractivity contribution in [3.63, 3.8) is 0 Å². The van der Waals surface area contributed by atoms with E-state index in [1.54, 1.807) is 24.3 Å². The van der Waals surface area contributed by atoms with Gasteiger partial charge < -0.3 is 15.6 Å². The van der Waals surface area contributed by atoms with Gasteiger partial charge in [-0.05, 0) is 35.6 Å². The minimum atomic E-state index is -1.32. The lowest BCUT2D eigenvalue weighted by Crippen LogP contribution is -2.52. The maximum Gasteiger partial charge on any atom is 0.321 e. The number of hydrogen-bond donors (Lipinski definition) is 3. The van der Waals surface area contributed by atoms with Gasteiger partial charge in [0, 0.05) is 22.5 Å². The Morgan fingerprint density at radius 1 is 1.29 bits per heavy atom. The van der Waals surface area contributed by atoms with Crippen molar-refractivity contribution in [3.8, 4) is 5.75 Å². The molecule has 0 radical (unpaired) electrons. The van der Waals surface area contributed by atoms with Gasteiger partial charge in [-0.15, -0.1) is 0 Å². The molecule has 0 aliphatic carbocycles. The topological polar surface area (TPSA) is 84.6 Å². The van der Waals surface area contributed by atoms with Crippen LogP contribution in [0, 0.1) is 11.2 Å². The quantitative estimate of drug-likeness (QED) is 0.578. The van der Waals surface area contributed by atoms with Crippen molar-refractivity contribution in [2.24, 2.45) is 11.1 Å². The SMILES string of the molecule is COc1cc(Cl)ccc1[C@@]1(N)[C@H](CC(C)(C)C)N[C@H](C(=O)O)[C@@H]1c1cccc(Cl)c1F. The number of hydrogen-bond acceptors (Lipinski definition) is 4. The summed E-state index contributed by atoms with van der Waals surface area (Å²) in [5, 5.41) is 13.6. The van der Waals surface area contributed by atoms with Crippen molar-refractivity contribution in [1.82, 2.24) is 5.32 Å². The molecule has 1 aliphatic rings. The first-order valence-corrected chi connectivity index (χ1v) is 10.7. The number of aliphatic carboxylic acids is 1. The van der Waals surface area contributed by atoms with E-state index < -0.39 is 35.3 Å². The first-order chi connectivity index (χ1) is 14.4. The molecule has 0 amide bonds. The molecule has 31 heavy (non-hydrogen) atoms. The summed E-state index contributed by atoms with van der Waals surface area (Å²) in [4.78, 5) is 12.3. The summed E-state index contributed by atoms with van der Waals surface area (Å²) in [6.07, 6.45) is 0.539. The van der Waals surface area contributed by atoms with Gasteiger partial charge in [-0.1, -0.05) is 62.2 Å². The molecule has 4 N–H and O–H groups in total. The van der Waals surface area contributed by atoms with E-state index in [2.05, 4.69) is 5.32 Å². The number of halogens is 3. The van der Waals surface area contributed by atoms with Gasteiger partial charge in [0.1, 0.15) is 17.6 Å². The average Bonchev–Trinajstić information content (AvgIpc) is 2.95. The molecule has 0 aromatic heterocycles. The maximum atomic E-state index is 15.2. The molecule has 0 bridgehead atoms. The number of carboxylic acid groups (broad SMARTS) is 1. The number of rotatable bonds is 5. The second-order valence-electron chi connectivity index (χ2n) is 9.20. The lowest BCUT2D eigenvalue weighted by atomic mass is 9.68. The normalized spacial score (nSPS) is 26.1. The Bertz CT molecular complexity index is 995. The first-order valence-electron chi connectivity index (χ1n) is 9.95. The summed E-state index contributed by atoms with van der Waals surface area (Å²) in [5.74, 6) is -2.34. The summed E-state index contributed by atoms with van der Waals surface area (Å²) in [6, 6.07) is 7.94. The molecule has 0 unspecified atom stereocenters. The van der Waals surface area contributed by atoms with Crippen molar-refractivity contribution in [3.05, 3.63) is 63.4 Å². The molecule has 0 saturated carbocycles. The van der Waals surface area contributed by atoms with Crippen molar-refractivity contribution in [2.75, 3.05) is 7.11 Å². The molecule has 3 rings (SSSR count). The first kappa shape index (κ1) is 23.8. The molecule has 2 aromatic carbocycles. The monoisotopic (exact) mass is 468 g/mol. The van der Waals surface area contributed by atoms with Crippen LogP contribution < -0.4 is 15.8 Å². The van der Waals surface area contributed by atoms with Crippen LogP contribution in [0.1, 0.15) is 44.2 Å². The molecule has 8 heteroatoms. The van der Waals surface area contributed by atoms with Crippen LogP contribution in [-0.4, -0.2) is 30.3 Å². The van der Waals surface area contributed by atoms with Crippen molar-refractivity contribution >= 4 is 29.2 Å². The van der Waals surface area contributed by atoms with E-state index in [9.17, 15) is 9.90 Å². The van der Waals surface area contributed by atoms with Crippen LogP contribution in [0.25, 0.3) is 0 Å². The summed E-state index contributed by atoms with van der Waals surface area (Å²) in [5.41, 5.74) is 6.31. The zero-order chi connectivity index (χ0) is 23.1. The van der Waals surface area contributed by atoms with Crippen molar-refractivity contribution in [1.29, 1.82) is 0 Å². The van der Waals surface area contributed by atoms with Crippen LogP contribution in [0.15, 0.2) is 36.4 Å². The van der Waals surface area contributed by atoms with Gasteiger partial charge in [0.2, 0.25) is 0 Å². The number of nitrogens with one attached hydrogen (secondary N) is 1. The predicted octanol–water partition coefficient (Wildman–Crippen LogP) is 4.94.